The minimum atomic E-state index is 0.559. The molecule has 1 atom stereocenters. The molecule has 0 saturated carbocycles. The summed E-state index contributed by atoms with van der Waals surface area (Å²) in [6.45, 7) is 0.986. The zero-order chi connectivity index (χ0) is 7.23. The SMILES string of the molecule is BrCCSCC1CCCO1. The average molecular weight is 225 g/mol. The summed E-state index contributed by atoms with van der Waals surface area (Å²) in [5.74, 6) is 2.39. The van der Waals surface area contributed by atoms with Crippen molar-refractivity contribution >= 4 is 27.7 Å². The third kappa shape index (κ3) is 3.26. The van der Waals surface area contributed by atoms with Gasteiger partial charge >= 0.3 is 0 Å². The van der Waals surface area contributed by atoms with Crippen LogP contribution in [0.3, 0.4) is 0 Å². The highest BCUT2D eigenvalue weighted by Gasteiger charge is 2.14. The predicted molar refractivity (Wildman–Crippen MR) is 50.1 cm³/mol. The standard InChI is InChI=1S/C7H13BrOS/c8-3-5-10-6-7-2-1-4-9-7/h7H,1-6H2. The lowest BCUT2D eigenvalue weighted by molar-refractivity contribution is 0.129. The van der Waals surface area contributed by atoms with E-state index < -0.39 is 0 Å². The van der Waals surface area contributed by atoms with Crippen LogP contribution in [0.25, 0.3) is 0 Å². The van der Waals surface area contributed by atoms with Crippen LogP contribution in [0.1, 0.15) is 12.8 Å². The molecule has 1 rings (SSSR count). The maximum absolute atomic E-state index is 5.46. The second-order valence-electron chi connectivity index (χ2n) is 2.40. The molecule has 0 N–H and O–H groups in total. The molecule has 60 valence electrons. The van der Waals surface area contributed by atoms with E-state index in [1.165, 1.54) is 24.3 Å². The first-order chi connectivity index (χ1) is 4.93. The van der Waals surface area contributed by atoms with Gasteiger partial charge in [-0.3, -0.25) is 0 Å². The first kappa shape index (κ1) is 8.88. The van der Waals surface area contributed by atoms with E-state index in [4.69, 9.17) is 4.74 Å². The summed E-state index contributed by atoms with van der Waals surface area (Å²) in [7, 11) is 0. The molecular formula is C7H13BrOS. The van der Waals surface area contributed by atoms with E-state index in [2.05, 4.69) is 15.9 Å². The van der Waals surface area contributed by atoms with Crippen LogP contribution in [-0.4, -0.2) is 29.5 Å². The minimum absolute atomic E-state index is 0.559. The van der Waals surface area contributed by atoms with Gasteiger partial charge in [0.2, 0.25) is 0 Å². The Kier molecular flexibility index (Phi) is 4.83. The molecule has 1 fully saturated rings. The van der Waals surface area contributed by atoms with E-state index in [1.54, 1.807) is 0 Å². The van der Waals surface area contributed by atoms with Gasteiger partial charge in [0.05, 0.1) is 6.10 Å². The van der Waals surface area contributed by atoms with Crippen LogP contribution in [0.15, 0.2) is 0 Å². The Bertz CT molecular complexity index is 83.7. The van der Waals surface area contributed by atoms with Gasteiger partial charge in [0.15, 0.2) is 0 Å². The Labute approximate surface area is 75.0 Å². The van der Waals surface area contributed by atoms with Gasteiger partial charge in [-0.1, -0.05) is 15.9 Å². The third-order valence-corrected chi connectivity index (χ3v) is 3.57. The number of hydrogen-bond donors (Lipinski definition) is 0. The number of halogens is 1. The number of hydrogen-bond acceptors (Lipinski definition) is 2. The molecule has 0 aromatic rings. The fourth-order valence-corrected chi connectivity index (χ4v) is 2.53. The molecule has 1 unspecified atom stereocenters. The normalized spacial score (nSPS) is 25.5. The molecule has 3 heteroatoms. The van der Waals surface area contributed by atoms with Crippen molar-refractivity contribution in [3.63, 3.8) is 0 Å². The molecule has 1 heterocycles. The number of alkyl halides is 1. The van der Waals surface area contributed by atoms with Crippen molar-refractivity contribution in [2.24, 2.45) is 0 Å². The van der Waals surface area contributed by atoms with Gasteiger partial charge < -0.3 is 4.74 Å². The van der Waals surface area contributed by atoms with Crippen LogP contribution in [0.4, 0.5) is 0 Å². The third-order valence-electron chi connectivity index (χ3n) is 1.55. The molecule has 0 amide bonds. The van der Waals surface area contributed by atoms with Crippen molar-refractivity contribution in [1.82, 2.24) is 0 Å². The van der Waals surface area contributed by atoms with E-state index in [-0.39, 0.29) is 0 Å². The summed E-state index contributed by atoms with van der Waals surface area (Å²) in [6.07, 6.45) is 3.10. The summed E-state index contributed by atoms with van der Waals surface area (Å²) < 4.78 is 5.46. The molecular weight excluding hydrogens is 212 g/mol. The lowest BCUT2D eigenvalue weighted by Crippen LogP contribution is -2.08. The molecule has 0 radical (unpaired) electrons. The number of ether oxygens (including phenoxy) is 1. The molecule has 0 aliphatic carbocycles. The fourth-order valence-electron chi connectivity index (χ4n) is 1.05. The molecule has 0 aromatic carbocycles. The first-order valence-electron chi connectivity index (χ1n) is 3.69. The topological polar surface area (TPSA) is 9.23 Å². The Morgan fingerprint density at radius 2 is 2.50 bits per heavy atom. The molecule has 1 nitrogen and oxygen atoms in total. The monoisotopic (exact) mass is 224 g/mol. The van der Waals surface area contributed by atoms with Gasteiger partial charge in [0, 0.05) is 23.4 Å². The Hall–Kier alpha value is 0.790. The van der Waals surface area contributed by atoms with E-state index in [0.29, 0.717) is 6.10 Å². The molecule has 0 bridgehead atoms. The Morgan fingerprint density at radius 1 is 1.60 bits per heavy atom. The maximum Gasteiger partial charge on any atom is 0.0666 e. The van der Waals surface area contributed by atoms with Gasteiger partial charge in [-0.25, -0.2) is 0 Å². The van der Waals surface area contributed by atoms with Gasteiger partial charge in [-0.05, 0) is 12.8 Å². The summed E-state index contributed by atoms with van der Waals surface area (Å²) in [5.41, 5.74) is 0. The second-order valence-corrected chi connectivity index (χ2v) is 4.34. The summed E-state index contributed by atoms with van der Waals surface area (Å²) in [6, 6.07) is 0. The van der Waals surface area contributed by atoms with Crippen LogP contribution in [0, 0.1) is 0 Å². The van der Waals surface area contributed by atoms with Gasteiger partial charge in [0.1, 0.15) is 0 Å². The van der Waals surface area contributed by atoms with Crippen molar-refractivity contribution < 1.29 is 4.74 Å². The highest BCUT2D eigenvalue weighted by Crippen LogP contribution is 2.16. The van der Waals surface area contributed by atoms with Gasteiger partial charge in [-0.2, -0.15) is 11.8 Å². The van der Waals surface area contributed by atoms with Crippen molar-refractivity contribution in [2.45, 2.75) is 18.9 Å². The predicted octanol–water partition coefficient (Wildman–Crippen LogP) is 2.29. The number of thioether (sulfide) groups is 1. The van der Waals surface area contributed by atoms with E-state index in [9.17, 15) is 0 Å². The fraction of sp³-hybridized carbons (Fsp3) is 1.00. The van der Waals surface area contributed by atoms with Gasteiger partial charge in [-0.15, -0.1) is 0 Å². The molecule has 10 heavy (non-hydrogen) atoms. The smallest absolute Gasteiger partial charge is 0.0666 e. The maximum atomic E-state index is 5.46. The Balaban J connectivity index is 1.91. The quantitative estimate of drug-likeness (QED) is 0.536. The van der Waals surface area contributed by atoms with Crippen molar-refractivity contribution in [3.05, 3.63) is 0 Å². The van der Waals surface area contributed by atoms with Crippen LogP contribution in [0.2, 0.25) is 0 Å². The van der Waals surface area contributed by atoms with Gasteiger partial charge in [0.25, 0.3) is 0 Å². The van der Waals surface area contributed by atoms with Crippen LogP contribution in [0.5, 0.6) is 0 Å². The lowest BCUT2D eigenvalue weighted by atomic mass is 10.3. The zero-order valence-corrected chi connectivity index (χ0v) is 8.42. The molecule has 0 spiro atoms. The highest BCUT2D eigenvalue weighted by atomic mass is 79.9. The number of rotatable bonds is 4. The second kappa shape index (κ2) is 5.44. The lowest BCUT2D eigenvalue weighted by Gasteiger charge is -2.06. The average Bonchev–Trinajstić information content (AvgIpc) is 2.41. The van der Waals surface area contributed by atoms with Crippen LogP contribution in [-0.2, 0) is 4.74 Å². The van der Waals surface area contributed by atoms with Crippen molar-refractivity contribution in [1.29, 1.82) is 0 Å². The van der Waals surface area contributed by atoms with Crippen LogP contribution < -0.4 is 0 Å². The summed E-state index contributed by atoms with van der Waals surface area (Å²) >= 11 is 5.38. The van der Waals surface area contributed by atoms with E-state index >= 15 is 0 Å². The van der Waals surface area contributed by atoms with E-state index in [0.717, 1.165) is 11.9 Å². The molecule has 0 aromatic heterocycles. The summed E-state index contributed by atoms with van der Waals surface area (Å²) in [5, 5.41) is 1.10. The Morgan fingerprint density at radius 3 is 3.10 bits per heavy atom. The summed E-state index contributed by atoms with van der Waals surface area (Å²) in [4.78, 5) is 0. The zero-order valence-electron chi connectivity index (χ0n) is 6.01. The molecule has 1 aliphatic heterocycles. The largest absolute Gasteiger partial charge is 0.377 e. The van der Waals surface area contributed by atoms with Crippen LogP contribution >= 0.6 is 27.7 Å². The van der Waals surface area contributed by atoms with Crippen molar-refractivity contribution in [2.75, 3.05) is 23.4 Å². The minimum Gasteiger partial charge on any atom is -0.377 e. The molecule has 1 aliphatic rings. The van der Waals surface area contributed by atoms with E-state index in [1.807, 2.05) is 11.8 Å². The highest BCUT2D eigenvalue weighted by molar-refractivity contribution is 9.09. The molecule has 1 saturated heterocycles. The first-order valence-corrected chi connectivity index (χ1v) is 5.96. The van der Waals surface area contributed by atoms with Crippen molar-refractivity contribution in [3.8, 4) is 0 Å².